The van der Waals surface area contributed by atoms with Crippen LogP contribution in [0, 0.1) is 11.8 Å². The van der Waals surface area contributed by atoms with E-state index in [1.165, 1.54) is 0 Å². The minimum atomic E-state index is 0.586. The predicted octanol–water partition coefficient (Wildman–Crippen LogP) is 2.71. The van der Waals surface area contributed by atoms with Crippen LogP contribution in [0.5, 0.6) is 0 Å². The minimum Gasteiger partial charge on any atom is -0.375 e. The van der Waals surface area contributed by atoms with Gasteiger partial charge in [-0.05, 0) is 17.9 Å². The lowest BCUT2D eigenvalue weighted by Crippen LogP contribution is -2.06. The fraction of sp³-hybridized carbons (Fsp3) is 0.750. The molecule has 0 aliphatic carbocycles. The molecule has 1 aromatic heterocycles. The molecule has 0 amide bonds. The summed E-state index contributed by atoms with van der Waals surface area (Å²) in [6.07, 6.45) is 2.02. The Labute approximate surface area is 92.4 Å². The summed E-state index contributed by atoms with van der Waals surface area (Å²) in [6, 6.07) is 2.03. The van der Waals surface area contributed by atoms with Crippen LogP contribution in [0.4, 0.5) is 0 Å². The Morgan fingerprint density at radius 1 is 1.27 bits per heavy atom. The van der Waals surface area contributed by atoms with E-state index in [2.05, 4.69) is 32.8 Å². The van der Waals surface area contributed by atoms with Gasteiger partial charge < -0.3 is 4.74 Å². The molecule has 0 radical (unpaired) electrons. The van der Waals surface area contributed by atoms with Crippen molar-refractivity contribution in [2.24, 2.45) is 11.8 Å². The fourth-order valence-electron chi connectivity index (χ4n) is 1.36. The normalized spacial score (nSPS) is 11.6. The zero-order valence-corrected chi connectivity index (χ0v) is 10.2. The number of aromatic nitrogens is 2. The van der Waals surface area contributed by atoms with Crippen LogP contribution in [-0.2, 0) is 17.9 Å². The Kier molecular flexibility index (Phi) is 4.82. The maximum atomic E-state index is 5.52. The Morgan fingerprint density at radius 3 is 2.60 bits per heavy atom. The van der Waals surface area contributed by atoms with Crippen LogP contribution < -0.4 is 0 Å². The first kappa shape index (κ1) is 12.2. The average molecular weight is 210 g/mol. The Morgan fingerprint density at radius 2 is 2.00 bits per heavy atom. The monoisotopic (exact) mass is 210 g/mol. The second-order valence-electron chi connectivity index (χ2n) is 4.83. The van der Waals surface area contributed by atoms with Crippen LogP contribution in [0.2, 0.25) is 0 Å². The van der Waals surface area contributed by atoms with E-state index < -0.39 is 0 Å². The lowest BCUT2D eigenvalue weighted by Gasteiger charge is -2.05. The van der Waals surface area contributed by atoms with Gasteiger partial charge in [0.05, 0.1) is 12.3 Å². The summed E-state index contributed by atoms with van der Waals surface area (Å²) in [5.74, 6) is 1.22. The van der Waals surface area contributed by atoms with E-state index in [-0.39, 0.29) is 0 Å². The Bertz CT molecular complexity index is 279. The quantitative estimate of drug-likeness (QED) is 0.722. The summed E-state index contributed by atoms with van der Waals surface area (Å²) in [7, 11) is 0. The molecule has 0 bridgehead atoms. The molecule has 0 atom stereocenters. The third-order valence-corrected chi connectivity index (χ3v) is 1.95. The molecule has 0 N–H and O–H groups in total. The van der Waals surface area contributed by atoms with Crippen LogP contribution in [0.25, 0.3) is 0 Å². The summed E-state index contributed by atoms with van der Waals surface area (Å²) in [4.78, 5) is 0. The summed E-state index contributed by atoms with van der Waals surface area (Å²) < 4.78 is 7.51. The van der Waals surface area contributed by atoms with Gasteiger partial charge in [0.1, 0.15) is 0 Å². The van der Waals surface area contributed by atoms with E-state index in [0.717, 1.165) is 18.8 Å². The molecule has 0 spiro atoms. The maximum absolute atomic E-state index is 5.52. The molecule has 0 aliphatic heterocycles. The third kappa shape index (κ3) is 4.98. The van der Waals surface area contributed by atoms with Crippen LogP contribution in [0.1, 0.15) is 33.4 Å². The largest absolute Gasteiger partial charge is 0.375 e. The topological polar surface area (TPSA) is 27.1 Å². The van der Waals surface area contributed by atoms with E-state index in [9.17, 15) is 0 Å². The van der Waals surface area contributed by atoms with Gasteiger partial charge in [-0.3, -0.25) is 4.68 Å². The van der Waals surface area contributed by atoms with Gasteiger partial charge in [-0.1, -0.05) is 27.7 Å². The molecular weight excluding hydrogens is 188 g/mol. The molecule has 3 heteroatoms. The van der Waals surface area contributed by atoms with Crippen molar-refractivity contribution in [2.45, 2.75) is 40.8 Å². The van der Waals surface area contributed by atoms with Crippen molar-refractivity contribution < 1.29 is 4.74 Å². The molecule has 15 heavy (non-hydrogen) atoms. The van der Waals surface area contributed by atoms with Gasteiger partial charge in [-0.25, -0.2) is 0 Å². The fourth-order valence-corrected chi connectivity index (χ4v) is 1.36. The van der Waals surface area contributed by atoms with Crippen molar-refractivity contribution in [3.05, 3.63) is 18.0 Å². The molecule has 1 rings (SSSR count). The highest BCUT2D eigenvalue weighted by Gasteiger charge is 2.01. The molecule has 0 fully saturated rings. The van der Waals surface area contributed by atoms with E-state index in [4.69, 9.17) is 4.74 Å². The van der Waals surface area contributed by atoms with Crippen LogP contribution in [-0.4, -0.2) is 16.4 Å². The van der Waals surface area contributed by atoms with Gasteiger partial charge in [-0.2, -0.15) is 5.10 Å². The molecule has 1 aromatic rings. The molecule has 0 saturated carbocycles. The molecule has 3 nitrogen and oxygen atoms in total. The van der Waals surface area contributed by atoms with E-state index in [1.54, 1.807) is 0 Å². The molecule has 0 aliphatic rings. The van der Waals surface area contributed by atoms with Crippen molar-refractivity contribution in [2.75, 3.05) is 6.61 Å². The van der Waals surface area contributed by atoms with Crippen LogP contribution >= 0.6 is 0 Å². The first-order valence-corrected chi connectivity index (χ1v) is 5.68. The summed E-state index contributed by atoms with van der Waals surface area (Å²) in [5, 5.41) is 4.44. The van der Waals surface area contributed by atoms with E-state index in [1.807, 2.05) is 16.9 Å². The Hall–Kier alpha value is -0.830. The predicted molar refractivity (Wildman–Crippen MR) is 61.6 cm³/mol. The van der Waals surface area contributed by atoms with Crippen molar-refractivity contribution in [3.63, 3.8) is 0 Å². The van der Waals surface area contributed by atoms with Crippen molar-refractivity contribution in [1.82, 2.24) is 9.78 Å². The van der Waals surface area contributed by atoms with Crippen molar-refractivity contribution in [3.8, 4) is 0 Å². The zero-order valence-electron chi connectivity index (χ0n) is 10.2. The lowest BCUT2D eigenvalue weighted by atomic mass is 10.2. The first-order chi connectivity index (χ1) is 7.08. The van der Waals surface area contributed by atoms with Crippen molar-refractivity contribution in [1.29, 1.82) is 0 Å². The number of rotatable bonds is 6. The SMILES string of the molecule is CC(C)COCc1ccn(CC(C)C)n1. The van der Waals surface area contributed by atoms with Gasteiger partial charge in [0, 0.05) is 19.3 Å². The highest BCUT2D eigenvalue weighted by Crippen LogP contribution is 2.03. The highest BCUT2D eigenvalue weighted by atomic mass is 16.5. The summed E-state index contributed by atoms with van der Waals surface area (Å²) >= 11 is 0. The average Bonchev–Trinajstić information content (AvgIpc) is 2.50. The van der Waals surface area contributed by atoms with Gasteiger partial charge in [-0.15, -0.1) is 0 Å². The van der Waals surface area contributed by atoms with E-state index >= 15 is 0 Å². The van der Waals surface area contributed by atoms with Crippen LogP contribution in [0.3, 0.4) is 0 Å². The molecule has 0 saturated heterocycles. The number of hydrogen-bond acceptors (Lipinski definition) is 2. The molecular formula is C12H22N2O. The second-order valence-corrected chi connectivity index (χ2v) is 4.83. The third-order valence-electron chi connectivity index (χ3n) is 1.95. The number of hydrogen-bond donors (Lipinski definition) is 0. The minimum absolute atomic E-state index is 0.586. The van der Waals surface area contributed by atoms with Gasteiger partial charge in [0.2, 0.25) is 0 Å². The number of ether oxygens (including phenoxy) is 1. The molecule has 0 unspecified atom stereocenters. The second kappa shape index (κ2) is 5.91. The summed E-state index contributed by atoms with van der Waals surface area (Å²) in [5.41, 5.74) is 1.02. The summed E-state index contributed by atoms with van der Waals surface area (Å²) in [6.45, 7) is 11.1. The lowest BCUT2D eigenvalue weighted by molar-refractivity contribution is 0.0943. The van der Waals surface area contributed by atoms with Gasteiger partial charge in [0.15, 0.2) is 0 Å². The molecule has 1 heterocycles. The Balaban J connectivity index is 2.33. The smallest absolute Gasteiger partial charge is 0.0906 e. The zero-order chi connectivity index (χ0) is 11.3. The van der Waals surface area contributed by atoms with Gasteiger partial charge >= 0.3 is 0 Å². The van der Waals surface area contributed by atoms with Crippen LogP contribution in [0.15, 0.2) is 12.3 Å². The molecule has 86 valence electrons. The standard InChI is InChI=1S/C12H22N2O/c1-10(2)7-14-6-5-12(13-14)9-15-8-11(3)4/h5-6,10-11H,7-9H2,1-4H3. The number of nitrogens with zero attached hydrogens (tertiary/aromatic N) is 2. The first-order valence-electron chi connectivity index (χ1n) is 5.68. The van der Waals surface area contributed by atoms with Crippen molar-refractivity contribution >= 4 is 0 Å². The highest BCUT2D eigenvalue weighted by molar-refractivity contribution is 4.97. The maximum Gasteiger partial charge on any atom is 0.0906 e. The van der Waals surface area contributed by atoms with Gasteiger partial charge in [0.25, 0.3) is 0 Å². The molecule has 0 aromatic carbocycles. The van der Waals surface area contributed by atoms with E-state index in [0.29, 0.717) is 18.4 Å².